The van der Waals surface area contributed by atoms with E-state index >= 15 is 0 Å². The molecule has 1 aromatic carbocycles. The van der Waals surface area contributed by atoms with E-state index in [2.05, 4.69) is 16.2 Å². The Bertz CT molecular complexity index is 323. The molecule has 0 aliphatic heterocycles. The standard InChI is InChI=1S/C10H14ClOP/c1-4-7-5-8(11)6(2)10(13)9(7)12-3/h5H,4,13H2,1-3H3. The van der Waals surface area contributed by atoms with Crippen LogP contribution in [0.4, 0.5) is 0 Å². The van der Waals surface area contributed by atoms with Crippen LogP contribution in [-0.2, 0) is 6.42 Å². The highest BCUT2D eigenvalue weighted by atomic mass is 35.5. The van der Waals surface area contributed by atoms with Gasteiger partial charge in [0.15, 0.2) is 0 Å². The molecule has 1 nitrogen and oxygen atoms in total. The van der Waals surface area contributed by atoms with Gasteiger partial charge in [-0.2, -0.15) is 0 Å². The third kappa shape index (κ3) is 1.98. The Labute approximate surface area is 86.6 Å². The first-order chi connectivity index (χ1) is 6.11. The molecule has 0 aliphatic rings. The minimum atomic E-state index is 0.808. The van der Waals surface area contributed by atoms with Gasteiger partial charge in [0.2, 0.25) is 0 Å². The van der Waals surface area contributed by atoms with Crippen molar-refractivity contribution >= 4 is 26.1 Å². The van der Waals surface area contributed by atoms with Crippen molar-refractivity contribution < 1.29 is 4.74 Å². The lowest BCUT2D eigenvalue weighted by molar-refractivity contribution is 0.413. The lowest BCUT2D eigenvalue weighted by atomic mass is 10.1. The summed E-state index contributed by atoms with van der Waals surface area (Å²) >= 11 is 6.06. The van der Waals surface area contributed by atoms with Crippen molar-refractivity contribution in [1.29, 1.82) is 0 Å². The summed E-state index contributed by atoms with van der Waals surface area (Å²) in [6.07, 6.45) is 0.935. The van der Waals surface area contributed by atoms with E-state index in [1.165, 1.54) is 0 Å². The topological polar surface area (TPSA) is 9.23 Å². The molecular formula is C10H14ClOP. The summed E-state index contributed by atoms with van der Waals surface area (Å²) in [7, 11) is 4.37. The number of halogens is 1. The molecule has 1 rings (SSSR count). The van der Waals surface area contributed by atoms with Gasteiger partial charge in [-0.1, -0.05) is 18.5 Å². The van der Waals surface area contributed by atoms with Crippen LogP contribution < -0.4 is 10.0 Å². The third-order valence-corrected chi connectivity index (χ3v) is 3.27. The summed E-state index contributed by atoms with van der Waals surface area (Å²) in [5.41, 5.74) is 2.23. The van der Waals surface area contributed by atoms with Crippen molar-refractivity contribution in [1.82, 2.24) is 0 Å². The van der Waals surface area contributed by atoms with E-state index in [9.17, 15) is 0 Å². The fraction of sp³-hybridized carbons (Fsp3) is 0.400. The molecule has 0 radical (unpaired) electrons. The predicted molar refractivity (Wildman–Crippen MR) is 61.5 cm³/mol. The van der Waals surface area contributed by atoms with E-state index in [-0.39, 0.29) is 0 Å². The molecule has 0 bridgehead atoms. The number of rotatable bonds is 2. The van der Waals surface area contributed by atoms with Crippen LogP contribution in [0, 0.1) is 6.92 Å². The lowest BCUT2D eigenvalue weighted by Crippen LogP contribution is -2.06. The zero-order valence-electron chi connectivity index (χ0n) is 8.15. The average Bonchev–Trinajstić information content (AvgIpc) is 2.13. The number of hydrogen-bond donors (Lipinski definition) is 0. The molecular weight excluding hydrogens is 203 g/mol. The lowest BCUT2D eigenvalue weighted by Gasteiger charge is -2.13. The van der Waals surface area contributed by atoms with E-state index in [1.54, 1.807) is 7.11 Å². The second-order valence-corrected chi connectivity index (χ2v) is 3.93. The number of hydrogen-bond acceptors (Lipinski definition) is 1. The first-order valence-corrected chi connectivity index (χ1v) is 5.18. The van der Waals surface area contributed by atoms with Crippen LogP contribution in [0.15, 0.2) is 6.07 Å². The van der Waals surface area contributed by atoms with Gasteiger partial charge in [0.25, 0.3) is 0 Å². The molecule has 0 heterocycles. The Morgan fingerprint density at radius 1 is 1.54 bits per heavy atom. The maximum Gasteiger partial charge on any atom is 0.129 e. The fourth-order valence-electron chi connectivity index (χ4n) is 1.30. The second kappa shape index (κ2) is 4.30. The quantitative estimate of drug-likeness (QED) is 0.691. The normalized spacial score (nSPS) is 10.2. The molecule has 1 unspecified atom stereocenters. The zero-order chi connectivity index (χ0) is 10.0. The molecule has 0 saturated carbocycles. The van der Waals surface area contributed by atoms with E-state index in [0.717, 1.165) is 33.6 Å². The predicted octanol–water partition coefficient (Wildman–Crippen LogP) is 2.72. The number of ether oxygens (including phenoxy) is 1. The highest BCUT2D eigenvalue weighted by molar-refractivity contribution is 7.28. The molecule has 0 amide bonds. The van der Waals surface area contributed by atoms with Crippen LogP contribution in [0.3, 0.4) is 0 Å². The second-order valence-electron chi connectivity index (χ2n) is 2.94. The highest BCUT2D eigenvalue weighted by Crippen LogP contribution is 2.26. The van der Waals surface area contributed by atoms with Gasteiger partial charge in [0.05, 0.1) is 7.11 Å². The monoisotopic (exact) mass is 216 g/mol. The first kappa shape index (κ1) is 10.8. The summed E-state index contributed by atoms with van der Waals surface area (Å²) in [6.45, 7) is 4.08. The van der Waals surface area contributed by atoms with Gasteiger partial charge in [0.1, 0.15) is 5.75 Å². The minimum absolute atomic E-state index is 0.808. The van der Waals surface area contributed by atoms with Gasteiger partial charge in [-0.05, 0) is 30.5 Å². The Balaban J connectivity index is 3.39. The molecule has 3 heteroatoms. The average molecular weight is 217 g/mol. The number of benzene rings is 1. The fourth-order valence-corrected chi connectivity index (χ4v) is 2.09. The van der Waals surface area contributed by atoms with E-state index < -0.39 is 0 Å². The smallest absolute Gasteiger partial charge is 0.129 e. The van der Waals surface area contributed by atoms with E-state index in [1.807, 2.05) is 13.0 Å². The zero-order valence-corrected chi connectivity index (χ0v) is 10.1. The van der Waals surface area contributed by atoms with Gasteiger partial charge in [-0.15, -0.1) is 9.24 Å². The molecule has 1 atom stereocenters. The van der Waals surface area contributed by atoms with Crippen LogP contribution in [0.2, 0.25) is 5.02 Å². The van der Waals surface area contributed by atoms with Crippen molar-refractivity contribution in [3.63, 3.8) is 0 Å². The Hall–Kier alpha value is -0.260. The van der Waals surface area contributed by atoms with Crippen molar-refractivity contribution in [3.8, 4) is 5.75 Å². The van der Waals surface area contributed by atoms with Crippen molar-refractivity contribution in [2.45, 2.75) is 20.3 Å². The van der Waals surface area contributed by atoms with Crippen molar-refractivity contribution in [3.05, 3.63) is 22.2 Å². The first-order valence-electron chi connectivity index (χ1n) is 4.23. The molecule has 0 aromatic heterocycles. The van der Waals surface area contributed by atoms with E-state index in [4.69, 9.17) is 16.3 Å². The number of methoxy groups -OCH3 is 1. The SMILES string of the molecule is CCc1cc(Cl)c(C)c(P)c1OC. The molecule has 1 aromatic rings. The summed E-state index contributed by atoms with van der Waals surface area (Å²) in [6, 6.07) is 1.98. The third-order valence-electron chi connectivity index (χ3n) is 2.18. The van der Waals surface area contributed by atoms with E-state index in [0.29, 0.717) is 0 Å². The molecule has 0 N–H and O–H groups in total. The Morgan fingerprint density at radius 3 is 2.62 bits per heavy atom. The molecule has 0 fully saturated rings. The summed E-state index contributed by atoms with van der Waals surface area (Å²) in [5.74, 6) is 0.939. The van der Waals surface area contributed by atoms with Gasteiger partial charge in [-0.3, -0.25) is 0 Å². The van der Waals surface area contributed by atoms with Crippen molar-refractivity contribution in [2.75, 3.05) is 7.11 Å². The Kier molecular flexibility index (Phi) is 3.58. The van der Waals surface area contributed by atoms with Crippen LogP contribution in [0.1, 0.15) is 18.1 Å². The summed E-state index contributed by atoms with van der Waals surface area (Å²) < 4.78 is 5.32. The molecule has 72 valence electrons. The minimum Gasteiger partial charge on any atom is -0.496 e. The van der Waals surface area contributed by atoms with Gasteiger partial charge < -0.3 is 4.74 Å². The van der Waals surface area contributed by atoms with Crippen molar-refractivity contribution in [2.24, 2.45) is 0 Å². The van der Waals surface area contributed by atoms with Gasteiger partial charge >= 0.3 is 0 Å². The molecule has 0 saturated heterocycles. The van der Waals surface area contributed by atoms with Gasteiger partial charge in [-0.25, -0.2) is 0 Å². The maximum absolute atomic E-state index is 6.06. The molecule has 0 aliphatic carbocycles. The highest BCUT2D eigenvalue weighted by Gasteiger charge is 2.10. The van der Waals surface area contributed by atoms with Crippen LogP contribution >= 0.6 is 20.8 Å². The summed E-state index contributed by atoms with van der Waals surface area (Å²) in [4.78, 5) is 0. The largest absolute Gasteiger partial charge is 0.496 e. The van der Waals surface area contributed by atoms with Crippen LogP contribution in [0.25, 0.3) is 0 Å². The molecule has 13 heavy (non-hydrogen) atoms. The Morgan fingerprint density at radius 2 is 2.15 bits per heavy atom. The summed E-state index contributed by atoms with van der Waals surface area (Å²) in [5, 5.41) is 1.87. The maximum atomic E-state index is 6.06. The van der Waals surface area contributed by atoms with Crippen LogP contribution in [-0.4, -0.2) is 7.11 Å². The van der Waals surface area contributed by atoms with Crippen LogP contribution in [0.5, 0.6) is 5.75 Å². The molecule has 0 spiro atoms. The van der Waals surface area contributed by atoms with Gasteiger partial charge in [0, 0.05) is 10.3 Å². The number of aryl methyl sites for hydroxylation is 1.